The summed E-state index contributed by atoms with van der Waals surface area (Å²) in [6, 6.07) is 11.7. The average molecular weight is 203 g/mol. The third kappa shape index (κ3) is 3.07. The minimum absolute atomic E-state index is 0.757. The molecular weight excluding hydrogens is 182 g/mol. The van der Waals surface area contributed by atoms with Crippen molar-refractivity contribution in [1.29, 1.82) is 0 Å². The van der Waals surface area contributed by atoms with Gasteiger partial charge in [0.05, 0.1) is 0 Å². The van der Waals surface area contributed by atoms with Crippen LogP contribution >= 0.6 is 0 Å². The molecule has 1 saturated carbocycles. The first kappa shape index (κ1) is 10.7. The Bertz CT molecular complexity index is 281. The zero-order valence-electron chi connectivity index (χ0n) is 9.58. The summed E-state index contributed by atoms with van der Waals surface area (Å²) in [5.74, 6) is 0.888. The Labute approximate surface area is 92.9 Å². The van der Waals surface area contributed by atoms with Crippen molar-refractivity contribution in [2.45, 2.75) is 38.1 Å². The van der Waals surface area contributed by atoms with Gasteiger partial charge in [-0.2, -0.15) is 0 Å². The lowest BCUT2D eigenvalue weighted by Crippen LogP contribution is -2.31. The standard InChI is InChI=1S/C14H21N/c1-15-14-9-5-8-13(11-14)10-12-6-3-2-4-7-12/h2-4,6-7,13-15H,5,8-11H2,1H3. The topological polar surface area (TPSA) is 12.0 Å². The van der Waals surface area contributed by atoms with E-state index in [1.54, 1.807) is 0 Å². The monoisotopic (exact) mass is 203 g/mol. The summed E-state index contributed by atoms with van der Waals surface area (Å²) < 4.78 is 0. The summed E-state index contributed by atoms with van der Waals surface area (Å²) in [5.41, 5.74) is 1.50. The van der Waals surface area contributed by atoms with Gasteiger partial charge in [0.1, 0.15) is 0 Å². The van der Waals surface area contributed by atoms with Crippen molar-refractivity contribution in [3.8, 4) is 0 Å². The fourth-order valence-corrected chi connectivity index (χ4v) is 2.69. The highest BCUT2D eigenvalue weighted by Crippen LogP contribution is 2.27. The smallest absolute Gasteiger partial charge is 0.00668 e. The zero-order chi connectivity index (χ0) is 10.5. The van der Waals surface area contributed by atoms with E-state index >= 15 is 0 Å². The second-order valence-electron chi connectivity index (χ2n) is 4.71. The maximum atomic E-state index is 3.42. The molecule has 0 bridgehead atoms. The molecule has 2 rings (SSSR count). The number of nitrogens with one attached hydrogen (secondary N) is 1. The quantitative estimate of drug-likeness (QED) is 0.796. The molecule has 0 aliphatic heterocycles. The minimum atomic E-state index is 0.757. The van der Waals surface area contributed by atoms with E-state index < -0.39 is 0 Å². The molecule has 1 N–H and O–H groups in total. The van der Waals surface area contributed by atoms with Crippen LogP contribution in [-0.2, 0) is 6.42 Å². The number of benzene rings is 1. The predicted octanol–water partition coefficient (Wildman–Crippen LogP) is 3.01. The molecule has 0 radical (unpaired) electrons. The summed E-state index contributed by atoms with van der Waals surface area (Å²) in [6.45, 7) is 0. The summed E-state index contributed by atoms with van der Waals surface area (Å²) in [7, 11) is 2.09. The molecule has 1 aliphatic carbocycles. The molecule has 1 aromatic rings. The third-order valence-corrected chi connectivity index (χ3v) is 3.56. The molecule has 1 aliphatic rings. The van der Waals surface area contributed by atoms with E-state index in [4.69, 9.17) is 0 Å². The van der Waals surface area contributed by atoms with Crippen molar-refractivity contribution in [2.24, 2.45) is 5.92 Å². The SMILES string of the molecule is CNC1CCCC(Cc2ccccc2)C1. The predicted molar refractivity (Wildman–Crippen MR) is 65.0 cm³/mol. The molecule has 0 amide bonds. The van der Waals surface area contributed by atoms with Gasteiger partial charge in [0, 0.05) is 6.04 Å². The van der Waals surface area contributed by atoms with Crippen molar-refractivity contribution in [3.63, 3.8) is 0 Å². The minimum Gasteiger partial charge on any atom is -0.317 e. The van der Waals surface area contributed by atoms with Crippen molar-refractivity contribution < 1.29 is 0 Å². The van der Waals surface area contributed by atoms with Crippen molar-refractivity contribution >= 4 is 0 Å². The van der Waals surface area contributed by atoms with Gasteiger partial charge in [-0.15, -0.1) is 0 Å². The van der Waals surface area contributed by atoms with Crippen LogP contribution in [0.15, 0.2) is 30.3 Å². The van der Waals surface area contributed by atoms with Crippen LogP contribution in [-0.4, -0.2) is 13.1 Å². The summed E-state index contributed by atoms with van der Waals surface area (Å²) in [6.07, 6.45) is 6.78. The molecule has 0 spiro atoms. The molecular formula is C14H21N. The molecule has 15 heavy (non-hydrogen) atoms. The van der Waals surface area contributed by atoms with E-state index in [-0.39, 0.29) is 0 Å². The number of hydrogen-bond acceptors (Lipinski definition) is 1. The van der Waals surface area contributed by atoms with E-state index in [1.807, 2.05) is 0 Å². The van der Waals surface area contributed by atoms with Crippen LogP contribution in [0.2, 0.25) is 0 Å². The molecule has 82 valence electrons. The molecule has 1 nitrogen and oxygen atoms in total. The van der Waals surface area contributed by atoms with E-state index in [1.165, 1.54) is 37.7 Å². The second kappa shape index (κ2) is 5.32. The first-order valence-electron chi connectivity index (χ1n) is 6.09. The highest BCUT2D eigenvalue weighted by molar-refractivity contribution is 5.15. The normalized spacial score (nSPS) is 26.5. The summed E-state index contributed by atoms with van der Waals surface area (Å²) in [4.78, 5) is 0. The largest absolute Gasteiger partial charge is 0.317 e. The van der Waals surface area contributed by atoms with E-state index in [2.05, 4.69) is 42.7 Å². The maximum absolute atomic E-state index is 3.42. The fourth-order valence-electron chi connectivity index (χ4n) is 2.69. The lowest BCUT2D eigenvalue weighted by molar-refractivity contribution is 0.294. The van der Waals surface area contributed by atoms with Gasteiger partial charge in [-0.3, -0.25) is 0 Å². The average Bonchev–Trinajstić information content (AvgIpc) is 2.31. The van der Waals surface area contributed by atoms with Crippen LogP contribution in [0.4, 0.5) is 0 Å². The Morgan fingerprint density at radius 1 is 1.20 bits per heavy atom. The van der Waals surface area contributed by atoms with E-state index in [9.17, 15) is 0 Å². The fraction of sp³-hybridized carbons (Fsp3) is 0.571. The van der Waals surface area contributed by atoms with Gasteiger partial charge in [-0.25, -0.2) is 0 Å². The molecule has 2 atom stereocenters. The van der Waals surface area contributed by atoms with Crippen LogP contribution in [0.25, 0.3) is 0 Å². The van der Waals surface area contributed by atoms with Gasteiger partial charge in [0.15, 0.2) is 0 Å². The highest BCUT2D eigenvalue weighted by atomic mass is 14.9. The second-order valence-corrected chi connectivity index (χ2v) is 4.71. The lowest BCUT2D eigenvalue weighted by Gasteiger charge is -2.28. The zero-order valence-corrected chi connectivity index (χ0v) is 9.58. The highest BCUT2D eigenvalue weighted by Gasteiger charge is 2.20. The van der Waals surface area contributed by atoms with E-state index in [0.29, 0.717) is 0 Å². The van der Waals surface area contributed by atoms with Crippen molar-refractivity contribution in [1.82, 2.24) is 5.32 Å². The lowest BCUT2D eigenvalue weighted by atomic mass is 9.82. The first-order chi connectivity index (χ1) is 7.38. The molecule has 1 fully saturated rings. The third-order valence-electron chi connectivity index (χ3n) is 3.56. The van der Waals surface area contributed by atoms with Crippen molar-refractivity contribution in [2.75, 3.05) is 7.05 Å². The van der Waals surface area contributed by atoms with Gasteiger partial charge in [-0.1, -0.05) is 43.2 Å². The molecule has 2 unspecified atom stereocenters. The Kier molecular flexibility index (Phi) is 3.79. The van der Waals surface area contributed by atoms with Crippen LogP contribution in [0, 0.1) is 5.92 Å². The Morgan fingerprint density at radius 2 is 2.00 bits per heavy atom. The van der Waals surface area contributed by atoms with Crippen LogP contribution in [0.5, 0.6) is 0 Å². The first-order valence-corrected chi connectivity index (χ1v) is 6.09. The van der Waals surface area contributed by atoms with Gasteiger partial charge in [-0.05, 0) is 37.8 Å². The van der Waals surface area contributed by atoms with Crippen LogP contribution < -0.4 is 5.32 Å². The maximum Gasteiger partial charge on any atom is 0.00668 e. The molecule has 0 aromatic heterocycles. The molecule has 0 heterocycles. The van der Waals surface area contributed by atoms with Gasteiger partial charge in [0.2, 0.25) is 0 Å². The Balaban J connectivity index is 1.89. The molecule has 0 saturated heterocycles. The van der Waals surface area contributed by atoms with E-state index in [0.717, 1.165) is 12.0 Å². The summed E-state index contributed by atoms with van der Waals surface area (Å²) in [5, 5.41) is 3.42. The number of hydrogen-bond donors (Lipinski definition) is 1. The van der Waals surface area contributed by atoms with Crippen LogP contribution in [0.3, 0.4) is 0 Å². The van der Waals surface area contributed by atoms with Gasteiger partial charge < -0.3 is 5.32 Å². The Morgan fingerprint density at radius 3 is 2.73 bits per heavy atom. The number of rotatable bonds is 3. The molecule has 1 aromatic carbocycles. The van der Waals surface area contributed by atoms with Gasteiger partial charge >= 0.3 is 0 Å². The van der Waals surface area contributed by atoms with Crippen molar-refractivity contribution in [3.05, 3.63) is 35.9 Å². The van der Waals surface area contributed by atoms with Crippen LogP contribution in [0.1, 0.15) is 31.2 Å². The Hall–Kier alpha value is -0.820. The van der Waals surface area contributed by atoms with Gasteiger partial charge in [0.25, 0.3) is 0 Å². The summed E-state index contributed by atoms with van der Waals surface area (Å²) >= 11 is 0. The molecule has 1 heteroatoms.